The van der Waals surface area contributed by atoms with Crippen LogP contribution in [0.1, 0.15) is 261 Å². The molecular formula is C83H118N2O7. The Morgan fingerprint density at radius 2 is 0.620 bits per heavy atom. The third kappa shape index (κ3) is 21.2. The van der Waals surface area contributed by atoms with E-state index in [-0.39, 0.29) is 27.4 Å². The van der Waals surface area contributed by atoms with Crippen molar-refractivity contribution in [1.29, 1.82) is 0 Å². The van der Waals surface area contributed by atoms with Crippen LogP contribution in [0.15, 0.2) is 146 Å². The lowest BCUT2D eigenvalue weighted by molar-refractivity contribution is 0.0516. The van der Waals surface area contributed by atoms with Crippen molar-refractivity contribution in [2.45, 2.75) is 252 Å². The quantitative estimate of drug-likeness (QED) is 0.0204. The summed E-state index contributed by atoms with van der Waals surface area (Å²) in [6, 6.07) is 26.8. The van der Waals surface area contributed by atoms with E-state index in [9.17, 15) is 15.3 Å². The fourth-order valence-corrected chi connectivity index (χ4v) is 11.5. The van der Waals surface area contributed by atoms with Crippen LogP contribution in [0, 0.1) is 6.92 Å². The van der Waals surface area contributed by atoms with Gasteiger partial charge in [-0.15, -0.1) is 26.3 Å². The van der Waals surface area contributed by atoms with Gasteiger partial charge >= 0.3 is 0 Å². The number of phenolic OH excluding ortho intramolecular Hbond substituents is 1. The van der Waals surface area contributed by atoms with E-state index < -0.39 is 23.3 Å². The SMILES string of the molecule is C=CCCCCCOc1ccc(C(C)(C)C)cc1C(O)(c1cc(C(C)(C)C)ccc1OCCCCCC=C)[C@@H](C)N=Cc1cc(C)cc(C=N[C@H](C)C(O)(c2cc(C(C)(C)C)ccc2OCCCCCC=C)c2cc(C(C)(C)C)ccc2OCCCCCC=C)c1O. The maximum Gasteiger partial charge on any atom is 0.144 e. The second-order valence-electron chi connectivity index (χ2n) is 29.5. The number of aryl methyl sites for hydroxylation is 1. The summed E-state index contributed by atoms with van der Waals surface area (Å²) in [5, 5.41) is 41.2. The highest BCUT2D eigenvalue weighted by molar-refractivity contribution is 5.92. The van der Waals surface area contributed by atoms with Crippen LogP contribution in [-0.4, -0.2) is 66.3 Å². The molecule has 0 bridgehead atoms. The van der Waals surface area contributed by atoms with E-state index in [1.807, 2.05) is 81.5 Å². The molecule has 0 saturated carbocycles. The van der Waals surface area contributed by atoms with E-state index in [0.717, 1.165) is 131 Å². The molecule has 92 heavy (non-hydrogen) atoms. The number of unbranched alkanes of at least 4 members (excludes halogenated alkanes) is 12. The van der Waals surface area contributed by atoms with Gasteiger partial charge in [0.25, 0.3) is 0 Å². The Labute approximate surface area is 557 Å². The number of aromatic hydroxyl groups is 1. The normalized spacial score (nSPS) is 13.3. The van der Waals surface area contributed by atoms with Gasteiger partial charge in [-0.2, -0.15) is 0 Å². The molecule has 5 rings (SSSR count). The van der Waals surface area contributed by atoms with Crippen LogP contribution in [0.5, 0.6) is 28.7 Å². The van der Waals surface area contributed by atoms with Gasteiger partial charge in [0.05, 0.1) is 38.5 Å². The molecule has 0 heterocycles. The second-order valence-corrected chi connectivity index (χ2v) is 29.5. The summed E-state index contributed by atoms with van der Waals surface area (Å²) < 4.78 is 27.0. The molecule has 0 amide bonds. The molecule has 0 fully saturated rings. The highest BCUT2D eigenvalue weighted by Crippen LogP contribution is 2.49. The van der Waals surface area contributed by atoms with Crippen LogP contribution in [0.25, 0.3) is 0 Å². The summed E-state index contributed by atoms with van der Waals surface area (Å²) >= 11 is 0. The van der Waals surface area contributed by atoms with Crippen molar-refractivity contribution >= 4 is 12.4 Å². The maximum absolute atomic E-state index is 14.3. The van der Waals surface area contributed by atoms with Crippen LogP contribution < -0.4 is 18.9 Å². The first-order valence-electron chi connectivity index (χ1n) is 34.4. The average molecular weight is 1260 g/mol. The number of aliphatic imine (C=N–C) groups is 2. The predicted octanol–water partition coefficient (Wildman–Crippen LogP) is 20.9. The minimum absolute atomic E-state index is 0.0506. The van der Waals surface area contributed by atoms with Crippen molar-refractivity contribution in [3.63, 3.8) is 0 Å². The van der Waals surface area contributed by atoms with Gasteiger partial charge in [-0.1, -0.05) is 132 Å². The number of benzene rings is 5. The van der Waals surface area contributed by atoms with Crippen molar-refractivity contribution in [2.75, 3.05) is 26.4 Å². The van der Waals surface area contributed by atoms with Gasteiger partial charge in [0.1, 0.15) is 39.9 Å². The molecule has 0 aliphatic rings. The number of rotatable bonds is 38. The highest BCUT2D eigenvalue weighted by atomic mass is 16.5. The number of allylic oxidation sites excluding steroid dienone is 4. The molecule has 0 unspecified atom stereocenters. The summed E-state index contributed by atoms with van der Waals surface area (Å²) in [5.74, 6) is 2.23. The van der Waals surface area contributed by atoms with Crippen LogP contribution in [0.2, 0.25) is 0 Å². The van der Waals surface area contributed by atoms with E-state index in [1.165, 1.54) is 0 Å². The fourth-order valence-electron chi connectivity index (χ4n) is 11.5. The zero-order valence-electron chi connectivity index (χ0n) is 59.5. The van der Waals surface area contributed by atoms with E-state index in [4.69, 9.17) is 28.9 Å². The summed E-state index contributed by atoms with van der Waals surface area (Å²) in [6.45, 7) is 49.4. The number of aliphatic hydroxyl groups is 2. The number of nitrogens with zero attached hydrogens (tertiary/aromatic N) is 2. The standard InChI is InChI=1S/C83H118N2O7/c1-20-24-28-32-36-48-89-73-44-40-65(78(8,9)10)54-69(73)82(87,70-55-66(79(11,12)13)41-45-74(70)90-49-37-33-29-25-21-2)61(6)84-58-63-52-60(5)53-64(77(63)86)59-85-62(7)83(88,71-56-67(80(14,15)16)42-46-75(71)91-50-38-34-30-26-22-3)72-57-68(81(17,18)19)43-47-76(72)92-51-39-35-31-27-23-4/h20-23,40-47,52-59,61-62,86-88H,1-4,24-39,48-51H2,5-19H3/t61-,62-/m1/s1. The summed E-state index contributed by atoms with van der Waals surface area (Å²) in [5.41, 5.74) is 3.40. The first-order valence-corrected chi connectivity index (χ1v) is 34.4. The Morgan fingerprint density at radius 3 is 0.837 bits per heavy atom. The molecule has 0 radical (unpaired) electrons. The summed E-state index contributed by atoms with van der Waals surface area (Å²) in [4.78, 5) is 10.6. The summed E-state index contributed by atoms with van der Waals surface area (Å²) in [7, 11) is 0. The zero-order chi connectivity index (χ0) is 67.9. The van der Waals surface area contributed by atoms with Crippen LogP contribution in [0.4, 0.5) is 0 Å². The first kappa shape index (κ1) is 76.0. The molecule has 0 aliphatic heterocycles. The molecule has 3 N–H and O–H groups in total. The van der Waals surface area contributed by atoms with E-state index >= 15 is 0 Å². The fraction of sp³-hybridized carbons (Fsp3) is 0.518. The van der Waals surface area contributed by atoms with E-state index in [1.54, 1.807) is 12.4 Å². The first-order chi connectivity index (χ1) is 43.5. The van der Waals surface area contributed by atoms with Gasteiger partial charge in [0.2, 0.25) is 0 Å². The Morgan fingerprint density at radius 1 is 0.380 bits per heavy atom. The minimum Gasteiger partial charge on any atom is -0.507 e. The molecular weight excluding hydrogens is 1140 g/mol. The molecule has 5 aromatic carbocycles. The average Bonchev–Trinajstić information content (AvgIpc) is 0.757. The molecule has 0 aliphatic carbocycles. The third-order valence-corrected chi connectivity index (χ3v) is 17.7. The molecule has 0 spiro atoms. The maximum atomic E-state index is 14.3. The molecule has 502 valence electrons. The number of phenols is 1. The third-order valence-electron chi connectivity index (χ3n) is 17.7. The smallest absolute Gasteiger partial charge is 0.144 e. The van der Waals surface area contributed by atoms with Gasteiger partial charge in [-0.25, -0.2) is 0 Å². The van der Waals surface area contributed by atoms with Gasteiger partial charge < -0.3 is 34.3 Å². The topological polar surface area (TPSA) is 122 Å². The number of hydrogen-bond donors (Lipinski definition) is 3. The summed E-state index contributed by atoms with van der Waals surface area (Å²) in [6.07, 6.45) is 26.3. The molecule has 9 heteroatoms. The van der Waals surface area contributed by atoms with E-state index in [0.29, 0.717) is 82.8 Å². The van der Waals surface area contributed by atoms with Crippen LogP contribution >= 0.6 is 0 Å². The van der Waals surface area contributed by atoms with Gasteiger partial charge in [-0.05, 0) is 234 Å². The zero-order valence-corrected chi connectivity index (χ0v) is 59.5. The number of hydrogen-bond acceptors (Lipinski definition) is 9. The highest BCUT2D eigenvalue weighted by Gasteiger charge is 2.46. The minimum atomic E-state index is -1.82. The van der Waals surface area contributed by atoms with Crippen molar-refractivity contribution in [1.82, 2.24) is 0 Å². The van der Waals surface area contributed by atoms with E-state index in [2.05, 4.69) is 158 Å². The van der Waals surface area contributed by atoms with Gasteiger partial charge in [-0.3, -0.25) is 9.98 Å². The molecule has 9 nitrogen and oxygen atoms in total. The van der Waals surface area contributed by atoms with Crippen molar-refractivity contribution in [2.24, 2.45) is 9.98 Å². The number of ether oxygens (including phenoxy) is 4. The van der Waals surface area contributed by atoms with Crippen molar-refractivity contribution in [3.05, 3.63) is 197 Å². The largest absolute Gasteiger partial charge is 0.507 e. The molecule has 0 aromatic heterocycles. The van der Waals surface area contributed by atoms with Crippen LogP contribution in [0.3, 0.4) is 0 Å². The van der Waals surface area contributed by atoms with Gasteiger partial charge in [0, 0.05) is 45.8 Å². The van der Waals surface area contributed by atoms with Crippen molar-refractivity contribution in [3.8, 4) is 28.7 Å². The Kier molecular flexibility index (Phi) is 28.9. The Bertz CT molecular complexity index is 2850. The van der Waals surface area contributed by atoms with Crippen LogP contribution in [-0.2, 0) is 32.9 Å². The Balaban J connectivity index is 1.75. The lowest BCUT2D eigenvalue weighted by Gasteiger charge is -2.37. The molecule has 2 atom stereocenters. The predicted molar refractivity (Wildman–Crippen MR) is 390 cm³/mol. The second kappa shape index (κ2) is 35.0. The Hall–Kier alpha value is -6.68. The van der Waals surface area contributed by atoms with Gasteiger partial charge in [0.15, 0.2) is 0 Å². The lowest BCUT2D eigenvalue weighted by Crippen LogP contribution is -2.39. The van der Waals surface area contributed by atoms with Crippen molar-refractivity contribution < 1.29 is 34.3 Å². The monoisotopic (exact) mass is 1250 g/mol. The molecule has 0 saturated heterocycles. The lowest BCUT2D eigenvalue weighted by atomic mass is 9.75. The molecule has 5 aromatic rings.